The zero-order valence-electron chi connectivity index (χ0n) is 16.4. The number of hydrogen-bond donors (Lipinski definition) is 1. The maximum Gasteiger partial charge on any atom is 0.220 e. The molecule has 146 valence electrons. The van der Waals surface area contributed by atoms with Crippen molar-refractivity contribution in [3.8, 4) is 0 Å². The number of aryl methyl sites for hydroxylation is 2. The van der Waals surface area contributed by atoms with E-state index in [0.29, 0.717) is 12.8 Å². The van der Waals surface area contributed by atoms with E-state index >= 15 is 0 Å². The van der Waals surface area contributed by atoms with Crippen molar-refractivity contribution in [3.63, 3.8) is 0 Å². The molecule has 1 amide bonds. The number of carbonyl (C=O) groups excluding carboxylic acids is 1. The molecule has 6 nitrogen and oxygen atoms in total. The summed E-state index contributed by atoms with van der Waals surface area (Å²) in [6.07, 6.45) is 6.04. The Morgan fingerprint density at radius 3 is 2.86 bits per heavy atom. The largest absolute Gasteiger partial charge is 0.361 e. The number of carbonyl (C=O) groups is 1. The van der Waals surface area contributed by atoms with Gasteiger partial charge in [0.2, 0.25) is 5.91 Å². The number of nitrogens with zero attached hydrogens (tertiary/aromatic N) is 3. The summed E-state index contributed by atoms with van der Waals surface area (Å²) in [5.41, 5.74) is 5.54. The van der Waals surface area contributed by atoms with Crippen LogP contribution in [0.3, 0.4) is 0 Å². The predicted molar refractivity (Wildman–Crippen MR) is 106 cm³/mol. The van der Waals surface area contributed by atoms with Crippen molar-refractivity contribution < 1.29 is 9.32 Å². The maximum absolute atomic E-state index is 12.5. The summed E-state index contributed by atoms with van der Waals surface area (Å²) in [7, 11) is 0. The Hall–Kier alpha value is -2.89. The van der Waals surface area contributed by atoms with Gasteiger partial charge in [0, 0.05) is 23.2 Å². The van der Waals surface area contributed by atoms with Crippen molar-refractivity contribution >= 4 is 5.91 Å². The smallest absolute Gasteiger partial charge is 0.220 e. The van der Waals surface area contributed by atoms with E-state index in [1.807, 2.05) is 38.2 Å². The van der Waals surface area contributed by atoms with Crippen LogP contribution in [0.25, 0.3) is 0 Å². The van der Waals surface area contributed by atoms with Gasteiger partial charge >= 0.3 is 0 Å². The highest BCUT2D eigenvalue weighted by molar-refractivity contribution is 5.76. The van der Waals surface area contributed by atoms with Crippen molar-refractivity contribution in [3.05, 3.63) is 70.4 Å². The summed E-state index contributed by atoms with van der Waals surface area (Å²) < 4.78 is 7.26. The van der Waals surface area contributed by atoms with Gasteiger partial charge in [-0.25, -0.2) is 0 Å². The topological polar surface area (TPSA) is 73.0 Å². The fourth-order valence-corrected chi connectivity index (χ4v) is 4.03. The lowest BCUT2D eigenvalue weighted by molar-refractivity contribution is -0.121. The van der Waals surface area contributed by atoms with E-state index in [-0.39, 0.29) is 11.9 Å². The van der Waals surface area contributed by atoms with Crippen LogP contribution in [-0.2, 0) is 24.2 Å². The quantitative estimate of drug-likeness (QED) is 0.710. The molecule has 0 aliphatic heterocycles. The number of amides is 1. The van der Waals surface area contributed by atoms with Crippen molar-refractivity contribution in [1.29, 1.82) is 0 Å². The Kier molecular flexibility index (Phi) is 5.28. The zero-order valence-corrected chi connectivity index (χ0v) is 16.4. The van der Waals surface area contributed by atoms with Crippen LogP contribution in [0.2, 0.25) is 0 Å². The maximum atomic E-state index is 12.5. The predicted octanol–water partition coefficient (Wildman–Crippen LogP) is 3.66. The van der Waals surface area contributed by atoms with Crippen molar-refractivity contribution in [2.75, 3.05) is 0 Å². The summed E-state index contributed by atoms with van der Waals surface area (Å²) in [6, 6.07) is 10.4. The second-order valence-electron chi connectivity index (χ2n) is 7.50. The fourth-order valence-electron chi connectivity index (χ4n) is 4.03. The third kappa shape index (κ3) is 3.86. The highest BCUT2D eigenvalue weighted by atomic mass is 16.5. The second kappa shape index (κ2) is 8.00. The Balaban J connectivity index is 1.41. The summed E-state index contributed by atoms with van der Waals surface area (Å²) >= 11 is 0. The van der Waals surface area contributed by atoms with E-state index in [1.54, 1.807) is 0 Å². The molecule has 1 aliphatic rings. The first-order chi connectivity index (χ1) is 13.6. The molecule has 1 N–H and O–H groups in total. The van der Waals surface area contributed by atoms with E-state index < -0.39 is 0 Å². The van der Waals surface area contributed by atoms with Gasteiger partial charge in [-0.2, -0.15) is 5.10 Å². The Labute approximate surface area is 164 Å². The van der Waals surface area contributed by atoms with Crippen LogP contribution in [0, 0.1) is 13.8 Å². The molecule has 2 heterocycles. The van der Waals surface area contributed by atoms with E-state index in [9.17, 15) is 4.79 Å². The van der Waals surface area contributed by atoms with Crippen molar-refractivity contribution in [2.24, 2.45) is 0 Å². The first-order valence-electron chi connectivity index (χ1n) is 9.91. The van der Waals surface area contributed by atoms with E-state index in [1.165, 1.54) is 11.3 Å². The lowest BCUT2D eigenvalue weighted by Crippen LogP contribution is -2.31. The molecule has 1 aromatic carbocycles. The van der Waals surface area contributed by atoms with Gasteiger partial charge in [0.05, 0.1) is 24.5 Å². The summed E-state index contributed by atoms with van der Waals surface area (Å²) in [5, 5.41) is 11.8. The van der Waals surface area contributed by atoms with Gasteiger partial charge in [-0.15, -0.1) is 0 Å². The van der Waals surface area contributed by atoms with Crippen LogP contribution in [0.15, 0.2) is 41.1 Å². The summed E-state index contributed by atoms with van der Waals surface area (Å²) in [4.78, 5) is 12.5. The van der Waals surface area contributed by atoms with Crippen molar-refractivity contribution in [1.82, 2.24) is 20.3 Å². The fraction of sp³-hybridized carbons (Fsp3) is 0.409. The first kappa shape index (κ1) is 18.5. The molecule has 0 saturated carbocycles. The van der Waals surface area contributed by atoms with E-state index in [4.69, 9.17) is 4.52 Å². The Morgan fingerprint density at radius 1 is 1.29 bits per heavy atom. The van der Waals surface area contributed by atoms with Crippen LogP contribution in [0.1, 0.15) is 59.1 Å². The minimum Gasteiger partial charge on any atom is -0.361 e. The molecule has 0 fully saturated rings. The number of fused-ring (bicyclic) bond motifs is 1. The van der Waals surface area contributed by atoms with Gasteiger partial charge in [0.15, 0.2) is 0 Å². The van der Waals surface area contributed by atoms with Crippen LogP contribution < -0.4 is 5.32 Å². The Morgan fingerprint density at radius 2 is 2.11 bits per heavy atom. The molecular weight excluding hydrogens is 352 g/mol. The minimum absolute atomic E-state index is 0.0467. The van der Waals surface area contributed by atoms with E-state index in [2.05, 4.69) is 32.4 Å². The number of benzene rings is 1. The molecule has 0 radical (unpaired) electrons. The standard InChI is InChI=1S/C22H26N4O2/c1-15-18(16(2)28-25-15)11-12-22(27)24-20-9-6-10-21-19(20)13-23-26(21)14-17-7-4-3-5-8-17/h3-5,7-8,13,20H,6,9-12,14H2,1-2H3,(H,24,27). The van der Waals surface area contributed by atoms with Crippen LogP contribution in [-0.4, -0.2) is 20.8 Å². The molecule has 1 atom stereocenters. The molecule has 2 aromatic heterocycles. The molecule has 0 spiro atoms. The van der Waals surface area contributed by atoms with Gasteiger partial charge in [-0.1, -0.05) is 35.5 Å². The number of nitrogens with one attached hydrogen (secondary N) is 1. The molecule has 28 heavy (non-hydrogen) atoms. The average molecular weight is 378 g/mol. The highest BCUT2D eigenvalue weighted by Crippen LogP contribution is 2.30. The third-order valence-corrected chi connectivity index (χ3v) is 5.56. The first-order valence-corrected chi connectivity index (χ1v) is 9.91. The lowest BCUT2D eigenvalue weighted by atomic mass is 9.92. The van der Waals surface area contributed by atoms with Gasteiger partial charge in [-0.3, -0.25) is 9.48 Å². The minimum atomic E-state index is 0.0467. The second-order valence-corrected chi connectivity index (χ2v) is 7.50. The van der Waals surface area contributed by atoms with Crippen LogP contribution in [0.5, 0.6) is 0 Å². The van der Waals surface area contributed by atoms with Gasteiger partial charge in [0.1, 0.15) is 5.76 Å². The highest BCUT2D eigenvalue weighted by Gasteiger charge is 2.25. The zero-order chi connectivity index (χ0) is 19.5. The SMILES string of the molecule is Cc1noc(C)c1CCC(=O)NC1CCCc2c1cnn2Cc1ccccc1. The summed E-state index contributed by atoms with van der Waals surface area (Å²) in [6.45, 7) is 4.57. The van der Waals surface area contributed by atoms with Gasteiger partial charge in [0.25, 0.3) is 0 Å². The van der Waals surface area contributed by atoms with E-state index in [0.717, 1.165) is 48.4 Å². The van der Waals surface area contributed by atoms with Crippen LogP contribution >= 0.6 is 0 Å². The molecule has 4 rings (SSSR count). The average Bonchev–Trinajstić information content (AvgIpc) is 3.25. The molecule has 0 saturated heterocycles. The molecule has 1 aliphatic carbocycles. The molecule has 0 bridgehead atoms. The summed E-state index contributed by atoms with van der Waals surface area (Å²) in [5.74, 6) is 0.862. The molecule has 3 aromatic rings. The van der Waals surface area contributed by atoms with Gasteiger partial charge < -0.3 is 9.84 Å². The van der Waals surface area contributed by atoms with Gasteiger partial charge in [-0.05, 0) is 45.1 Å². The van der Waals surface area contributed by atoms with Crippen molar-refractivity contribution in [2.45, 2.75) is 58.5 Å². The third-order valence-electron chi connectivity index (χ3n) is 5.56. The lowest BCUT2D eigenvalue weighted by Gasteiger charge is -2.24. The monoisotopic (exact) mass is 378 g/mol. The normalized spacial score (nSPS) is 16.0. The molecule has 1 unspecified atom stereocenters. The number of aromatic nitrogens is 3. The number of rotatable bonds is 6. The molecule has 6 heteroatoms. The van der Waals surface area contributed by atoms with Crippen LogP contribution in [0.4, 0.5) is 0 Å². The molecular formula is C22H26N4O2. The number of hydrogen-bond acceptors (Lipinski definition) is 4. The Bertz CT molecular complexity index is 939.